The molecule has 6 heteroatoms. The van der Waals surface area contributed by atoms with Gasteiger partial charge in [0.1, 0.15) is 0 Å². The van der Waals surface area contributed by atoms with Crippen LogP contribution in [-0.2, 0) is 0 Å². The molecule has 0 radical (unpaired) electrons. The molecule has 0 spiro atoms. The maximum absolute atomic E-state index is 9.54. The average Bonchev–Trinajstić information content (AvgIpc) is 1.64. The Morgan fingerprint density at radius 3 is 1.67 bits per heavy atom. The molecule has 6 nitrogen and oxygen atoms in total. The molecule has 0 aliphatic rings. The zero-order chi connectivity index (χ0) is 7.44. The number of amides is 2. The Balaban J connectivity index is 4.22. The number of nitriles is 1. The van der Waals surface area contributed by atoms with Gasteiger partial charge in [-0.1, -0.05) is 0 Å². The van der Waals surface area contributed by atoms with Crippen molar-refractivity contribution in [1.29, 1.82) is 5.26 Å². The number of hydrogen-bond donors (Lipinski definition) is 0. The smallest absolute Gasteiger partial charge is 0.191 e. The van der Waals surface area contributed by atoms with Gasteiger partial charge in [-0.3, -0.25) is 0 Å². The molecule has 9 heavy (non-hydrogen) atoms. The SMILES string of the molecule is N#CN(C(=O)[O-])C(=O)[O-]. The first kappa shape index (κ1) is 7.23. The van der Waals surface area contributed by atoms with Gasteiger partial charge in [0.2, 0.25) is 0 Å². The minimum atomic E-state index is -2.11. The molecule has 0 rings (SSSR count). The minimum absolute atomic E-state index is 0.625. The predicted octanol–water partition coefficient (Wildman–Crippen LogP) is -2.54. The van der Waals surface area contributed by atoms with Gasteiger partial charge in [-0.05, 0) is 0 Å². The van der Waals surface area contributed by atoms with Crippen molar-refractivity contribution < 1.29 is 19.8 Å². The average molecular weight is 128 g/mol. The van der Waals surface area contributed by atoms with E-state index in [-0.39, 0.29) is 0 Å². The Morgan fingerprint density at radius 1 is 1.33 bits per heavy atom. The summed E-state index contributed by atoms with van der Waals surface area (Å²) in [5, 5.41) is 26.8. The van der Waals surface area contributed by atoms with Crippen LogP contribution in [0, 0.1) is 11.5 Å². The van der Waals surface area contributed by atoms with Gasteiger partial charge in [-0.25, -0.2) is 4.90 Å². The van der Waals surface area contributed by atoms with E-state index in [1.807, 2.05) is 0 Å². The van der Waals surface area contributed by atoms with E-state index in [1.165, 1.54) is 0 Å². The normalized spacial score (nSPS) is 7.44. The Hall–Kier alpha value is -1.77. The zero-order valence-corrected chi connectivity index (χ0v) is 4.03. The third-order valence-corrected chi connectivity index (χ3v) is 0.465. The van der Waals surface area contributed by atoms with Crippen molar-refractivity contribution in [2.75, 3.05) is 0 Å². The first-order valence-corrected chi connectivity index (χ1v) is 1.71. The lowest BCUT2D eigenvalue weighted by Gasteiger charge is -2.14. The van der Waals surface area contributed by atoms with Gasteiger partial charge in [0, 0.05) is 0 Å². The van der Waals surface area contributed by atoms with E-state index < -0.39 is 17.1 Å². The molecule has 0 aromatic heterocycles. The van der Waals surface area contributed by atoms with E-state index in [0.29, 0.717) is 0 Å². The van der Waals surface area contributed by atoms with Gasteiger partial charge in [0.25, 0.3) is 0 Å². The third-order valence-electron chi connectivity index (χ3n) is 0.465. The summed E-state index contributed by atoms with van der Waals surface area (Å²) in [7, 11) is 0. The summed E-state index contributed by atoms with van der Waals surface area (Å²) >= 11 is 0. The molecule has 48 valence electrons. The highest BCUT2D eigenvalue weighted by Crippen LogP contribution is 1.79. The van der Waals surface area contributed by atoms with E-state index in [0.717, 1.165) is 6.19 Å². The number of imide groups is 1. The van der Waals surface area contributed by atoms with E-state index in [1.54, 1.807) is 0 Å². The molecule has 0 aliphatic carbocycles. The minimum Gasteiger partial charge on any atom is -0.529 e. The quantitative estimate of drug-likeness (QED) is 0.263. The van der Waals surface area contributed by atoms with Crippen molar-refractivity contribution in [2.45, 2.75) is 0 Å². The molecule has 2 amide bonds. The molecular formula is C3N2O4-2. The Kier molecular flexibility index (Phi) is 2.02. The van der Waals surface area contributed by atoms with Crippen molar-refractivity contribution in [2.24, 2.45) is 0 Å². The largest absolute Gasteiger partial charge is 0.529 e. The van der Waals surface area contributed by atoms with Crippen LogP contribution in [0.3, 0.4) is 0 Å². The Morgan fingerprint density at radius 2 is 1.67 bits per heavy atom. The second-order valence-corrected chi connectivity index (χ2v) is 0.967. The molecule has 0 bridgehead atoms. The van der Waals surface area contributed by atoms with Gasteiger partial charge in [-0.15, -0.1) is 0 Å². The highest BCUT2D eigenvalue weighted by atomic mass is 16.4. The molecule has 0 N–H and O–H groups in total. The highest BCUT2D eigenvalue weighted by molar-refractivity contribution is 5.85. The Labute approximate surface area is 49.5 Å². The number of carboxylic acid groups (broad SMARTS) is 2. The third kappa shape index (κ3) is 1.65. The molecule has 0 fully saturated rings. The number of nitrogens with zero attached hydrogens (tertiary/aromatic N) is 2. The van der Waals surface area contributed by atoms with Crippen LogP contribution in [0.1, 0.15) is 0 Å². The maximum atomic E-state index is 9.54. The molecule has 0 aromatic rings. The van der Waals surface area contributed by atoms with Crippen molar-refractivity contribution in [3.05, 3.63) is 0 Å². The summed E-state index contributed by atoms with van der Waals surface area (Å²) < 4.78 is 0. The summed E-state index contributed by atoms with van der Waals surface area (Å²) in [6.07, 6.45) is -3.42. The molecule has 0 saturated heterocycles. The fraction of sp³-hybridized carbons (Fsp3) is 0. The molecule has 0 aromatic carbocycles. The molecule has 0 unspecified atom stereocenters. The summed E-state index contributed by atoms with van der Waals surface area (Å²) in [6, 6.07) is 0. The summed E-state index contributed by atoms with van der Waals surface area (Å²) in [6.45, 7) is 0. The van der Waals surface area contributed by atoms with Crippen molar-refractivity contribution in [3.63, 3.8) is 0 Å². The molecule has 0 aliphatic heterocycles. The fourth-order valence-corrected chi connectivity index (χ4v) is 0.156. The number of carbonyl (C=O) groups excluding carboxylic acids is 2. The van der Waals surface area contributed by atoms with Crippen LogP contribution >= 0.6 is 0 Å². The van der Waals surface area contributed by atoms with Crippen LogP contribution in [0.25, 0.3) is 0 Å². The van der Waals surface area contributed by atoms with Crippen LogP contribution in [0.5, 0.6) is 0 Å². The fourth-order valence-electron chi connectivity index (χ4n) is 0.156. The lowest BCUT2D eigenvalue weighted by molar-refractivity contribution is -0.285. The van der Waals surface area contributed by atoms with Gasteiger partial charge in [0.15, 0.2) is 18.4 Å². The van der Waals surface area contributed by atoms with Crippen LogP contribution < -0.4 is 10.2 Å². The summed E-state index contributed by atoms with van der Waals surface area (Å²) in [5.41, 5.74) is 0. The first-order chi connectivity index (χ1) is 4.09. The second kappa shape index (κ2) is 2.52. The lowest BCUT2D eigenvalue weighted by atomic mass is 10.8. The first-order valence-electron chi connectivity index (χ1n) is 1.71. The van der Waals surface area contributed by atoms with Crippen molar-refractivity contribution in [1.82, 2.24) is 4.90 Å². The maximum Gasteiger partial charge on any atom is 0.191 e. The summed E-state index contributed by atoms with van der Waals surface area (Å²) in [4.78, 5) is 18.5. The van der Waals surface area contributed by atoms with Gasteiger partial charge < -0.3 is 19.8 Å². The van der Waals surface area contributed by atoms with Crippen LogP contribution in [0.4, 0.5) is 9.59 Å². The van der Waals surface area contributed by atoms with Gasteiger partial charge in [0.05, 0.1) is 0 Å². The summed E-state index contributed by atoms with van der Waals surface area (Å²) in [5.74, 6) is 0. The predicted molar refractivity (Wildman–Crippen MR) is 18.2 cm³/mol. The number of rotatable bonds is 0. The van der Waals surface area contributed by atoms with Crippen LogP contribution in [0.2, 0.25) is 0 Å². The second-order valence-electron chi connectivity index (χ2n) is 0.967. The van der Waals surface area contributed by atoms with Gasteiger partial charge in [-0.2, -0.15) is 5.26 Å². The van der Waals surface area contributed by atoms with E-state index in [4.69, 9.17) is 5.26 Å². The lowest BCUT2D eigenvalue weighted by Crippen LogP contribution is -2.47. The van der Waals surface area contributed by atoms with Gasteiger partial charge >= 0.3 is 0 Å². The van der Waals surface area contributed by atoms with E-state index in [2.05, 4.69) is 0 Å². The number of hydrogen-bond acceptors (Lipinski definition) is 5. The van der Waals surface area contributed by atoms with E-state index >= 15 is 0 Å². The van der Waals surface area contributed by atoms with Crippen molar-refractivity contribution >= 4 is 12.2 Å². The molecular weight excluding hydrogens is 128 g/mol. The Bertz CT molecular complexity index is 167. The van der Waals surface area contributed by atoms with Crippen LogP contribution in [-0.4, -0.2) is 17.1 Å². The molecule has 0 atom stereocenters. The highest BCUT2D eigenvalue weighted by Gasteiger charge is 2.00. The molecule has 0 heterocycles. The topological polar surface area (TPSA) is 107 Å². The zero-order valence-electron chi connectivity index (χ0n) is 4.03. The van der Waals surface area contributed by atoms with E-state index in [9.17, 15) is 19.8 Å². The monoisotopic (exact) mass is 128 g/mol. The standard InChI is InChI=1S/C3H2N2O4/c4-1-5(2(6)7)3(8)9/h(H,6,7)(H,8,9)/p-2. The van der Waals surface area contributed by atoms with Crippen molar-refractivity contribution in [3.8, 4) is 6.19 Å². The number of carbonyl (C=O) groups is 2. The molecule has 0 saturated carbocycles. The van der Waals surface area contributed by atoms with Crippen LogP contribution in [0.15, 0.2) is 0 Å².